The van der Waals surface area contributed by atoms with E-state index in [0.29, 0.717) is 12.6 Å². The summed E-state index contributed by atoms with van der Waals surface area (Å²) in [5.74, 6) is 0.143. The molecule has 0 aromatic heterocycles. The summed E-state index contributed by atoms with van der Waals surface area (Å²) in [6, 6.07) is 0.556. The summed E-state index contributed by atoms with van der Waals surface area (Å²) >= 11 is 0. The molecule has 0 aliphatic carbocycles. The van der Waals surface area contributed by atoms with E-state index in [1.165, 1.54) is 0 Å². The van der Waals surface area contributed by atoms with Crippen LogP contribution >= 0.6 is 0 Å². The van der Waals surface area contributed by atoms with Crippen LogP contribution in [0.4, 0.5) is 0 Å². The lowest BCUT2D eigenvalue weighted by Crippen LogP contribution is -2.45. The van der Waals surface area contributed by atoms with Gasteiger partial charge in [-0.05, 0) is 27.3 Å². The molecule has 0 aromatic carbocycles. The Bertz CT molecular complexity index is 196. The van der Waals surface area contributed by atoms with Gasteiger partial charge in [-0.15, -0.1) is 0 Å². The lowest BCUT2D eigenvalue weighted by atomic mass is 10.2. The zero-order chi connectivity index (χ0) is 10.6. The minimum Gasteiger partial charge on any atom is -0.355 e. The molecule has 0 aromatic rings. The van der Waals surface area contributed by atoms with Crippen LogP contribution in [0.5, 0.6) is 0 Å². The van der Waals surface area contributed by atoms with Crippen molar-refractivity contribution in [3.05, 3.63) is 0 Å². The number of amides is 1. The average Bonchev–Trinajstić information content (AvgIpc) is 2.65. The average molecular weight is 199 g/mol. The Kier molecular flexibility index (Phi) is 4.35. The number of likely N-dealkylation sites (N-methyl/N-ethyl adjacent to an activating group) is 2. The fourth-order valence-electron chi connectivity index (χ4n) is 1.86. The van der Waals surface area contributed by atoms with Crippen molar-refractivity contribution in [1.82, 2.24) is 15.5 Å². The van der Waals surface area contributed by atoms with Crippen LogP contribution in [-0.2, 0) is 4.79 Å². The predicted octanol–water partition coefficient (Wildman–Crippen LogP) is -0.195. The minimum atomic E-state index is 0.00769. The molecule has 1 aliphatic heterocycles. The first kappa shape index (κ1) is 11.5. The van der Waals surface area contributed by atoms with E-state index in [4.69, 9.17) is 0 Å². The van der Waals surface area contributed by atoms with Gasteiger partial charge in [-0.1, -0.05) is 0 Å². The van der Waals surface area contributed by atoms with Gasteiger partial charge in [0.2, 0.25) is 5.91 Å². The Morgan fingerprint density at radius 3 is 2.86 bits per heavy atom. The van der Waals surface area contributed by atoms with E-state index >= 15 is 0 Å². The van der Waals surface area contributed by atoms with Gasteiger partial charge in [0, 0.05) is 25.7 Å². The molecular formula is C10H21N3O. The molecule has 14 heavy (non-hydrogen) atoms. The molecule has 2 unspecified atom stereocenters. The molecule has 2 N–H and O–H groups in total. The van der Waals surface area contributed by atoms with E-state index in [0.717, 1.165) is 19.5 Å². The van der Waals surface area contributed by atoms with E-state index in [2.05, 4.69) is 15.5 Å². The van der Waals surface area contributed by atoms with Gasteiger partial charge >= 0.3 is 0 Å². The van der Waals surface area contributed by atoms with Crippen LogP contribution < -0.4 is 10.6 Å². The second-order valence-electron chi connectivity index (χ2n) is 3.84. The lowest BCUT2D eigenvalue weighted by Gasteiger charge is -2.23. The predicted molar refractivity (Wildman–Crippen MR) is 57.2 cm³/mol. The van der Waals surface area contributed by atoms with Gasteiger partial charge in [0.25, 0.3) is 0 Å². The first-order valence-corrected chi connectivity index (χ1v) is 5.38. The normalized spacial score (nSPS) is 24.9. The van der Waals surface area contributed by atoms with E-state index in [1.54, 1.807) is 0 Å². The molecule has 1 heterocycles. The van der Waals surface area contributed by atoms with Crippen molar-refractivity contribution in [2.75, 3.05) is 26.7 Å². The van der Waals surface area contributed by atoms with Gasteiger partial charge in [-0.25, -0.2) is 0 Å². The van der Waals surface area contributed by atoms with Crippen LogP contribution in [0.15, 0.2) is 0 Å². The van der Waals surface area contributed by atoms with Crippen molar-refractivity contribution >= 4 is 5.91 Å². The number of carbonyl (C=O) groups is 1. The van der Waals surface area contributed by atoms with Gasteiger partial charge in [-0.3, -0.25) is 9.69 Å². The van der Waals surface area contributed by atoms with Crippen LogP contribution in [-0.4, -0.2) is 49.6 Å². The van der Waals surface area contributed by atoms with E-state index in [1.807, 2.05) is 20.9 Å². The Morgan fingerprint density at radius 1 is 1.64 bits per heavy atom. The molecular weight excluding hydrogens is 178 g/mol. The molecule has 0 radical (unpaired) electrons. The molecule has 0 spiro atoms. The highest BCUT2D eigenvalue weighted by Gasteiger charge is 2.28. The highest BCUT2D eigenvalue weighted by atomic mass is 16.2. The molecule has 1 fully saturated rings. The maximum atomic E-state index is 11.6. The van der Waals surface area contributed by atoms with Crippen molar-refractivity contribution in [2.24, 2.45) is 0 Å². The Balaban J connectivity index is 2.38. The van der Waals surface area contributed by atoms with Gasteiger partial charge in [0.15, 0.2) is 0 Å². The summed E-state index contributed by atoms with van der Waals surface area (Å²) in [4.78, 5) is 13.8. The molecule has 1 aliphatic rings. The number of hydrogen-bond donors (Lipinski definition) is 2. The van der Waals surface area contributed by atoms with Gasteiger partial charge in [-0.2, -0.15) is 0 Å². The summed E-state index contributed by atoms with van der Waals surface area (Å²) in [5.41, 5.74) is 0. The highest BCUT2D eigenvalue weighted by molar-refractivity contribution is 5.81. The highest BCUT2D eigenvalue weighted by Crippen LogP contribution is 2.12. The number of rotatable bonds is 4. The number of carbonyl (C=O) groups excluding carboxylic acids is 1. The molecule has 0 saturated carbocycles. The minimum absolute atomic E-state index is 0.00769. The third-order valence-corrected chi connectivity index (χ3v) is 2.91. The largest absolute Gasteiger partial charge is 0.355 e. The van der Waals surface area contributed by atoms with Crippen molar-refractivity contribution in [1.29, 1.82) is 0 Å². The summed E-state index contributed by atoms with van der Waals surface area (Å²) < 4.78 is 0. The Morgan fingerprint density at radius 2 is 2.36 bits per heavy atom. The second kappa shape index (κ2) is 5.32. The zero-order valence-corrected chi connectivity index (χ0v) is 9.34. The lowest BCUT2D eigenvalue weighted by molar-refractivity contribution is -0.125. The first-order chi connectivity index (χ1) is 6.69. The molecule has 2 atom stereocenters. The van der Waals surface area contributed by atoms with Crippen molar-refractivity contribution < 1.29 is 4.79 Å². The Hall–Kier alpha value is -0.610. The molecule has 4 heteroatoms. The molecule has 0 bridgehead atoms. The number of likely N-dealkylation sites (tertiary alicyclic amines) is 1. The van der Waals surface area contributed by atoms with E-state index < -0.39 is 0 Å². The Labute approximate surface area is 86.0 Å². The fourth-order valence-corrected chi connectivity index (χ4v) is 1.86. The SMILES string of the molecule is CCNC(=O)C(C)N1CCC(NC)C1. The molecule has 1 amide bonds. The third kappa shape index (κ3) is 2.69. The van der Waals surface area contributed by atoms with Crippen LogP contribution in [0.1, 0.15) is 20.3 Å². The topological polar surface area (TPSA) is 44.4 Å². The van der Waals surface area contributed by atoms with Crippen LogP contribution in [0.3, 0.4) is 0 Å². The summed E-state index contributed by atoms with van der Waals surface area (Å²) in [5, 5.41) is 6.10. The van der Waals surface area contributed by atoms with Crippen LogP contribution in [0.2, 0.25) is 0 Å². The number of nitrogens with one attached hydrogen (secondary N) is 2. The fraction of sp³-hybridized carbons (Fsp3) is 0.900. The van der Waals surface area contributed by atoms with Crippen molar-refractivity contribution in [2.45, 2.75) is 32.4 Å². The molecule has 1 rings (SSSR count). The van der Waals surface area contributed by atoms with E-state index in [-0.39, 0.29) is 11.9 Å². The number of hydrogen-bond acceptors (Lipinski definition) is 3. The van der Waals surface area contributed by atoms with Crippen molar-refractivity contribution in [3.8, 4) is 0 Å². The molecule has 4 nitrogen and oxygen atoms in total. The number of nitrogens with zero attached hydrogens (tertiary/aromatic N) is 1. The second-order valence-corrected chi connectivity index (χ2v) is 3.84. The maximum Gasteiger partial charge on any atom is 0.237 e. The van der Waals surface area contributed by atoms with Crippen LogP contribution in [0, 0.1) is 0 Å². The quantitative estimate of drug-likeness (QED) is 0.659. The van der Waals surface area contributed by atoms with Gasteiger partial charge in [0.1, 0.15) is 0 Å². The first-order valence-electron chi connectivity index (χ1n) is 5.38. The third-order valence-electron chi connectivity index (χ3n) is 2.91. The molecule has 1 saturated heterocycles. The van der Waals surface area contributed by atoms with Crippen LogP contribution in [0.25, 0.3) is 0 Å². The monoisotopic (exact) mass is 199 g/mol. The van der Waals surface area contributed by atoms with Gasteiger partial charge < -0.3 is 10.6 Å². The molecule has 82 valence electrons. The van der Waals surface area contributed by atoms with E-state index in [9.17, 15) is 4.79 Å². The van der Waals surface area contributed by atoms with Gasteiger partial charge in [0.05, 0.1) is 6.04 Å². The summed E-state index contributed by atoms with van der Waals surface area (Å²) in [6.07, 6.45) is 1.14. The van der Waals surface area contributed by atoms with Crippen molar-refractivity contribution in [3.63, 3.8) is 0 Å². The maximum absolute atomic E-state index is 11.6. The zero-order valence-electron chi connectivity index (χ0n) is 9.34. The smallest absolute Gasteiger partial charge is 0.237 e. The summed E-state index contributed by atoms with van der Waals surface area (Å²) in [6.45, 7) is 6.64. The standard InChI is InChI=1S/C10H21N3O/c1-4-12-10(14)8(2)13-6-5-9(7-13)11-3/h8-9,11H,4-7H2,1-3H3,(H,12,14). The summed E-state index contributed by atoms with van der Waals surface area (Å²) in [7, 11) is 1.98.